The minimum Gasteiger partial charge on any atom is -0.313 e. The van der Waals surface area contributed by atoms with E-state index >= 15 is 0 Å². The van der Waals surface area contributed by atoms with E-state index in [9.17, 15) is 14.5 Å². The molecule has 1 aromatic rings. The third kappa shape index (κ3) is 3.90. The molecule has 1 rings (SSSR count). The number of hydrogen-bond acceptors (Lipinski definition) is 3. The SMILES string of the molecule is CCCNC(CC)C(C)c1cc(F)c(Cl)cc1[N+](=O)[O-]. The van der Waals surface area contributed by atoms with Gasteiger partial charge in [-0.05, 0) is 25.5 Å². The zero-order chi connectivity index (χ0) is 15.3. The van der Waals surface area contributed by atoms with Crippen LogP contribution in [0.15, 0.2) is 12.1 Å². The van der Waals surface area contributed by atoms with Crippen molar-refractivity contribution in [2.24, 2.45) is 0 Å². The summed E-state index contributed by atoms with van der Waals surface area (Å²) in [6, 6.07) is 2.34. The standard InChI is InChI=1S/C14H20ClFN2O2/c1-4-6-17-13(5-2)9(3)10-7-12(16)11(15)8-14(10)18(19)20/h7-9,13,17H,4-6H2,1-3H3. The maximum absolute atomic E-state index is 13.6. The normalized spacial score (nSPS) is 14.1. The third-order valence-corrected chi connectivity index (χ3v) is 3.75. The molecule has 0 aliphatic carbocycles. The van der Waals surface area contributed by atoms with Gasteiger partial charge in [0.05, 0.1) is 9.95 Å². The first-order valence-electron chi connectivity index (χ1n) is 6.79. The Labute approximate surface area is 123 Å². The van der Waals surface area contributed by atoms with E-state index in [1.165, 1.54) is 6.07 Å². The van der Waals surface area contributed by atoms with Gasteiger partial charge in [0.1, 0.15) is 5.82 Å². The van der Waals surface area contributed by atoms with Crippen LogP contribution < -0.4 is 5.32 Å². The van der Waals surface area contributed by atoms with E-state index in [-0.39, 0.29) is 22.7 Å². The highest BCUT2D eigenvalue weighted by Gasteiger charge is 2.26. The average molecular weight is 303 g/mol. The minimum atomic E-state index is -0.621. The topological polar surface area (TPSA) is 55.2 Å². The number of rotatable bonds is 7. The van der Waals surface area contributed by atoms with E-state index < -0.39 is 10.7 Å². The molecular formula is C14H20ClFN2O2. The van der Waals surface area contributed by atoms with Crippen LogP contribution in [-0.4, -0.2) is 17.5 Å². The van der Waals surface area contributed by atoms with Crippen LogP contribution >= 0.6 is 11.6 Å². The number of benzene rings is 1. The molecule has 0 amide bonds. The lowest BCUT2D eigenvalue weighted by atomic mass is 9.90. The number of nitrogens with one attached hydrogen (secondary N) is 1. The van der Waals surface area contributed by atoms with Crippen molar-refractivity contribution in [2.45, 2.75) is 45.6 Å². The van der Waals surface area contributed by atoms with Crippen molar-refractivity contribution in [3.05, 3.63) is 38.7 Å². The van der Waals surface area contributed by atoms with Crippen molar-refractivity contribution in [1.29, 1.82) is 0 Å². The molecule has 20 heavy (non-hydrogen) atoms. The van der Waals surface area contributed by atoms with Gasteiger partial charge in [-0.1, -0.05) is 32.4 Å². The largest absolute Gasteiger partial charge is 0.313 e. The summed E-state index contributed by atoms with van der Waals surface area (Å²) in [7, 11) is 0. The van der Waals surface area contributed by atoms with Gasteiger partial charge in [-0.25, -0.2) is 4.39 Å². The molecule has 0 bridgehead atoms. The number of nitrogens with zero attached hydrogens (tertiary/aromatic N) is 1. The Morgan fingerprint density at radius 3 is 2.60 bits per heavy atom. The molecular weight excluding hydrogens is 283 g/mol. The van der Waals surface area contributed by atoms with Gasteiger partial charge in [0.25, 0.3) is 5.69 Å². The first-order valence-corrected chi connectivity index (χ1v) is 7.16. The fourth-order valence-corrected chi connectivity index (χ4v) is 2.45. The van der Waals surface area contributed by atoms with Crippen LogP contribution in [0.4, 0.5) is 10.1 Å². The summed E-state index contributed by atoms with van der Waals surface area (Å²) < 4.78 is 13.6. The lowest BCUT2D eigenvalue weighted by Gasteiger charge is -2.24. The van der Waals surface area contributed by atoms with E-state index in [4.69, 9.17) is 11.6 Å². The van der Waals surface area contributed by atoms with Gasteiger partial charge in [0.15, 0.2) is 0 Å². The van der Waals surface area contributed by atoms with E-state index in [1.54, 1.807) is 0 Å². The van der Waals surface area contributed by atoms with Crippen LogP contribution in [-0.2, 0) is 0 Å². The molecule has 0 spiro atoms. The fraction of sp³-hybridized carbons (Fsp3) is 0.571. The monoisotopic (exact) mass is 302 g/mol. The molecule has 0 aromatic heterocycles. The van der Waals surface area contributed by atoms with Gasteiger partial charge >= 0.3 is 0 Å². The van der Waals surface area contributed by atoms with E-state index in [0.29, 0.717) is 5.56 Å². The van der Waals surface area contributed by atoms with Gasteiger partial charge in [-0.3, -0.25) is 10.1 Å². The van der Waals surface area contributed by atoms with E-state index in [2.05, 4.69) is 12.2 Å². The summed E-state index contributed by atoms with van der Waals surface area (Å²) in [6.07, 6.45) is 1.78. The van der Waals surface area contributed by atoms with Crippen LogP contribution in [0.3, 0.4) is 0 Å². The molecule has 0 aliphatic heterocycles. The first kappa shape index (κ1) is 16.9. The molecule has 0 saturated carbocycles. The average Bonchev–Trinajstić information content (AvgIpc) is 2.41. The highest BCUT2D eigenvalue weighted by molar-refractivity contribution is 6.31. The van der Waals surface area contributed by atoms with Crippen molar-refractivity contribution >= 4 is 17.3 Å². The van der Waals surface area contributed by atoms with E-state index in [1.807, 2.05) is 13.8 Å². The molecule has 0 aliphatic rings. The van der Waals surface area contributed by atoms with Gasteiger partial charge in [-0.2, -0.15) is 0 Å². The van der Waals surface area contributed by atoms with Gasteiger partial charge in [0.2, 0.25) is 0 Å². The quantitative estimate of drug-likeness (QED) is 0.604. The molecule has 2 unspecified atom stereocenters. The Hall–Kier alpha value is -1.20. The summed E-state index contributed by atoms with van der Waals surface area (Å²) in [4.78, 5) is 10.6. The third-order valence-electron chi connectivity index (χ3n) is 3.46. The maximum atomic E-state index is 13.6. The van der Waals surface area contributed by atoms with Crippen LogP contribution in [0.2, 0.25) is 5.02 Å². The van der Waals surface area contributed by atoms with E-state index in [0.717, 1.165) is 25.5 Å². The van der Waals surface area contributed by atoms with Crippen molar-refractivity contribution in [3.63, 3.8) is 0 Å². The van der Waals surface area contributed by atoms with Crippen LogP contribution in [0, 0.1) is 15.9 Å². The summed E-state index contributed by atoms with van der Waals surface area (Å²) in [5.41, 5.74) is 0.257. The van der Waals surface area contributed by atoms with Crippen molar-refractivity contribution in [3.8, 4) is 0 Å². The van der Waals surface area contributed by atoms with Gasteiger partial charge in [-0.15, -0.1) is 0 Å². The molecule has 1 aromatic carbocycles. The molecule has 0 fully saturated rings. The molecule has 1 N–H and O–H groups in total. The molecule has 4 nitrogen and oxygen atoms in total. The smallest absolute Gasteiger partial charge is 0.274 e. The Morgan fingerprint density at radius 2 is 2.10 bits per heavy atom. The summed E-state index contributed by atoms with van der Waals surface area (Å²) in [5, 5.41) is 14.2. The number of halogens is 2. The van der Waals surface area contributed by atoms with Crippen LogP contribution in [0.25, 0.3) is 0 Å². The molecule has 6 heteroatoms. The second-order valence-corrected chi connectivity index (χ2v) is 5.25. The Balaban J connectivity index is 3.15. The number of hydrogen-bond donors (Lipinski definition) is 1. The number of nitro groups is 1. The second kappa shape index (κ2) is 7.55. The second-order valence-electron chi connectivity index (χ2n) is 4.84. The molecule has 112 valence electrons. The highest BCUT2D eigenvalue weighted by atomic mass is 35.5. The Bertz CT molecular complexity index is 482. The van der Waals surface area contributed by atoms with Gasteiger partial charge < -0.3 is 5.32 Å². The molecule has 2 atom stereocenters. The zero-order valence-corrected chi connectivity index (χ0v) is 12.7. The zero-order valence-electron chi connectivity index (χ0n) is 12.0. The number of nitro benzene ring substituents is 1. The summed E-state index contributed by atoms with van der Waals surface area (Å²) in [6.45, 7) is 6.75. The summed E-state index contributed by atoms with van der Waals surface area (Å²) >= 11 is 5.64. The molecule has 0 saturated heterocycles. The molecule has 0 heterocycles. The molecule has 0 radical (unpaired) electrons. The lowest BCUT2D eigenvalue weighted by Crippen LogP contribution is -2.34. The summed E-state index contributed by atoms with van der Waals surface area (Å²) in [5.74, 6) is -0.789. The fourth-order valence-electron chi connectivity index (χ4n) is 2.30. The van der Waals surface area contributed by atoms with Crippen molar-refractivity contribution in [2.75, 3.05) is 6.54 Å². The maximum Gasteiger partial charge on any atom is 0.274 e. The lowest BCUT2D eigenvalue weighted by molar-refractivity contribution is -0.385. The van der Waals surface area contributed by atoms with Crippen LogP contribution in [0.1, 0.15) is 45.1 Å². The Morgan fingerprint density at radius 1 is 1.45 bits per heavy atom. The minimum absolute atomic E-state index is 0.0641. The Kier molecular flexibility index (Phi) is 6.36. The first-order chi connectivity index (χ1) is 9.42. The highest BCUT2D eigenvalue weighted by Crippen LogP contribution is 2.33. The van der Waals surface area contributed by atoms with Crippen molar-refractivity contribution in [1.82, 2.24) is 5.32 Å². The predicted octanol–water partition coefficient (Wildman–Crippen LogP) is 4.27. The van der Waals surface area contributed by atoms with Gasteiger partial charge in [0, 0.05) is 23.6 Å². The van der Waals surface area contributed by atoms with Crippen LogP contribution in [0.5, 0.6) is 0 Å². The predicted molar refractivity (Wildman–Crippen MR) is 78.9 cm³/mol. The van der Waals surface area contributed by atoms with Crippen molar-refractivity contribution < 1.29 is 9.31 Å².